The lowest BCUT2D eigenvalue weighted by molar-refractivity contribution is -0.127. The maximum absolute atomic E-state index is 11.7. The molecule has 1 unspecified atom stereocenters. The van der Waals surface area contributed by atoms with Gasteiger partial charge in [0.25, 0.3) is 15.0 Å². The number of hydrogen-bond donors (Lipinski definition) is 1. The van der Waals surface area contributed by atoms with Gasteiger partial charge in [-0.15, -0.1) is 0 Å². The van der Waals surface area contributed by atoms with E-state index in [0.29, 0.717) is 6.54 Å². The highest BCUT2D eigenvalue weighted by Crippen LogP contribution is 2.38. The van der Waals surface area contributed by atoms with E-state index in [2.05, 4.69) is 5.32 Å². The van der Waals surface area contributed by atoms with Crippen LogP contribution in [0.5, 0.6) is 5.75 Å². The van der Waals surface area contributed by atoms with E-state index < -0.39 is 15.2 Å². The molecule has 0 aliphatic heterocycles. The summed E-state index contributed by atoms with van der Waals surface area (Å²) in [6, 6.07) is 2.47. The van der Waals surface area contributed by atoms with Gasteiger partial charge in [-0.05, 0) is 25.5 Å². The largest absolute Gasteiger partial charge is 0.479 e. The van der Waals surface area contributed by atoms with E-state index >= 15 is 0 Å². The quantitative estimate of drug-likeness (QED) is 0.776. The van der Waals surface area contributed by atoms with Gasteiger partial charge in [0.1, 0.15) is 15.7 Å². The van der Waals surface area contributed by atoms with Crippen LogP contribution in [0.3, 0.4) is 0 Å². The average molecular weight is 375 g/mol. The summed E-state index contributed by atoms with van der Waals surface area (Å²) >= 11 is 11.8. The highest BCUT2D eigenvalue weighted by atomic mass is 35.7. The first kappa shape index (κ1) is 18.4. The molecule has 0 radical (unpaired) electrons. The maximum Gasteiger partial charge on any atom is 0.262 e. The van der Waals surface area contributed by atoms with E-state index in [4.69, 9.17) is 38.6 Å². The Labute approximate surface area is 137 Å². The summed E-state index contributed by atoms with van der Waals surface area (Å²) in [5.41, 5.74) is 0. The molecule has 9 heteroatoms. The van der Waals surface area contributed by atoms with Crippen molar-refractivity contribution in [3.63, 3.8) is 0 Å². The standard InChI is InChI=1S/C12H14Cl3NO4S/c1-3-6-16-12(17)7(2)20-8-4-5-9(21(15,18)19)11(14)10(8)13/h4-5,7H,3,6H2,1-2H3,(H,16,17). The Bertz CT molecular complexity index is 634. The number of ether oxygens (including phenoxy) is 1. The number of hydrogen-bond acceptors (Lipinski definition) is 4. The van der Waals surface area contributed by atoms with Gasteiger partial charge in [-0.2, -0.15) is 0 Å². The first-order chi connectivity index (χ1) is 9.68. The molecule has 1 aromatic carbocycles. The molecule has 0 aliphatic carbocycles. The summed E-state index contributed by atoms with van der Waals surface area (Å²) in [5, 5.41) is 2.30. The molecule has 0 saturated carbocycles. The first-order valence-electron chi connectivity index (χ1n) is 6.05. The second-order valence-electron chi connectivity index (χ2n) is 4.18. The molecule has 0 saturated heterocycles. The lowest BCUT2D eigenvalue weighted by Crippen LogP contribution is -2.36. The summed E-state index contributed by atoms with van der Waals surface area (Å²) in [4.78, 5) is 11.4. The van der Waals surface area contributed by atoms with Crippen LogP contribution < -0.4 is 10.1 Å². The topological polar surface area (TPSA) is 72.5 Å². The van der Waals surface area contributed by atoms with Gasteiger partial charge in [-0.25, -0.2) is 8.42 Å². The summed E-state index contributed by atoms with van der Waals surface area (Å²) in [5.74, 6) is -0.206. The van der Waals surface area contributed by atoms with Crippen LogP contribution in [0, 0.1) is 0 Å². The second kappa shape index (κ2) is 7.54. The normalized spacial score (nSPS) is 12.8. The fourth-order valence-corrected chi connectivity index (χ4v) is 3.21. The number of benzene rings is 1. The number of carbonyl (C=O) groups excluding carboxylic acids is 1. The summed E-state index contributed by atoms with van der Waals surface area (Å²) in [7, 11) is 1.22. The molecule has 0 aliphatic rings. The molecule has 5 nitrogen and oxygen atoms in total. The van der Waals surface area contributed by atoms with Crippen molar-refractivity contribution in [2.45, 2.75) is 31.3 Å². The highest BCUT2D eigenvalue weighted by molar-refractivity contribution is 8.13. The van der Waals surface area contributed by atoms with Crippen molar-refractivity contribution in [2.24, 2.45) is 0 Å². The molecular formula is C12H14Cl3NO4S. The Kier molecular flexibility index (Phi) is 6.59. The molecule has 0 heterocycles. The Balaban J connectivity index is 2.96. The van der Waals surface area contributed by atoms with Crippen LogP contribution in [-0.2, 0) is 13.8 Å². The predicted octanol–water partition coefficient (Wildman–Crippen LogP) is 3.21. The molecule has 1 N–H and O–H groups in total. The Morgan fingerprint density at radius 3 is 2.48 bits per heavy atom. The third-order valence-electron chi connectivity index (χ3n) is 2.50. The van der Waals surface area contributed by atoms with E-state index in [0.717, 1.165) is 6.42 Å². The second-order valence-corrected chi connectivity index (χ2v) is 7.47. The monoisotopic (exact) mass is 373 g/mol. The molecule has 0 aromatic heterocycles. The third-order valence-corrected chi connectivity index (χ3v) is 4.84. The lowest BCUT2D eigenvalue weighted by Gasteiger charge is -2.16. The molecular weight excluding hydrogens is 361 g/mol. The molecule has 118 valence electrons. The van der Waals surface area contributed by atoms with Gasteiger partial charge < -0.3 is 10.1 Å². The zero-order chi connectivity index (χ0) is 16.2. The van der Waals surface area contributed by atoms with Gasteiger partial charge in [0.05, 0.1) is 5.02 Å². The molecule has 21 heavy (non-hydrogen) atoms. The molecule has 1 amide bonds. The van der Waals surface area contributed by atoms with Crippen LogP contribution in [0.15, 0.2) is 17.0 Å². The van der Waals surface area contributed by atoms with Gasteiger partial charge in [0.15, 0.2) is 6.10 Å². The SMILES string of the molecule is CCCNC(=O)C(C)Oc1ccc(S(=O)(=O)Cl)c(Cl)c1Cl. The first-order valence-corrected chi connectivity index (χ1v) is 9.12. The fraction of sp³-hybridized carbons (Fsp3) is 0.417. The van der Waals surface area contributed by atoms with Crippen molar-refractivity contribution < 1.29 is 17.9 Å². The molecule has 1 rings (SSSR count). The van der Waals surface area contributed by atoms with Crippen molar-refractivity contribution in [3.05, 3.63) is 22.2 Å². The minimum Gasteiger partial charge on any atom is -0.479 e. The average Bonchev–Trinajstić information content (AvgIpc) is 2.39. The molecule has 0 fully saturated rings. The van der Waals surface area contributed by atoms with Crippen LogP contribution in [0.25, 0.3) is 0 Å². The summed E-state index contributed by atoms with van der Waals surface area (Å²) in [6.07, 6.45) is -0.00331. The molecule has 1 aromatic rings. The highest BCUT2D eigenvalue weighted by Gasteiger charge is 2.22. The fourth-order valence-electron chi connectivity index (χ4n) is 1.43. The molecule has 0 bridgehead atoms. The molecule has 1 atom stereocenters. The Morgan fingerprint density at radius 1 is 1.33 bits per heavy atom. The van der Waals surface area contributed by atoms with Gasteiger partial charge in [0, 0.05) is 17.2 Å². The van der Waals surface area contributed by atoms with Crippen molar-refractivity contribution in [2.75, 3.05) is 6.54 Å². The van der Waals surface area contributed by atoms with Crippen molar-refractivity contribution >= 4 is 48.8 Å². The number of rotatable bonds is 6. The minimum absolute atomic E-state index is 0.102. The zero-order valence-corrected chi connectivity index (χ0v) is 14.4. The van der Waals surface area contributed by atoms with Gasteiger partial charge in [0.2, 0.25) is 0 Å². The van der Waals surface area contributed by atoms with E-state index in [1.807, 2.05) is 6.92 Å². The van der Waals surface area contributed by atoms with Crippen LogP contribution in [0.1, 0.15) is 20.3 Å². The van der Waals surface area contributed by atoms with Gasteiger partial charge in [-0.1, -0.05) is 30.1 Å². The van der Waals surface area contributed by atoms with Crippen LogP contribution >= 0.6 is 33.9 Å². The number of halogens is 3. The van der Waals surface area contributed by atoms with Crippen LogP contribution in [0.2, 0.25) is 10.0 Å². The van der Waals surface area contributed by atoms with E-state index in [-0.39, 0.29) is 26.6 Å². The Morgan fingerprint density at radius 2 is 1.95 bits per heavy atom. The summed E-state index contributed by atoms with van der Waals surface area (Å²) < 4.78 is 28.0. The third kappa shape index (κ3) is 4.92. The van der Waals surface area contributed by atoms with Gasteiger partial charge >= 0.3 is 0 Å². The minimum atomic E-state index is -4.01. The smallest absolute Gasteiger partial charge is 0.262 e. The Hall–Kier alpha value is -0.690. The van der Waals surface area contributed by atoms with E-state index in [1.54, 1.807) is 6.92 Å². The number of carbonyl (C=O) groups is 1. The van der Waals surface area contributed by atoms with Crippen molar-refractivity contribution in [1.29, 1.82) is 0 Å². The van der Waals surface area contributed by atoms with Crippen LogP contribution in [0.4, 0.5) is 0 Å². The maximum atomic E-state index is 11.7. The van der Waals surface area contributed by atoms with E-state index in [9.17, 15) is 13.2 Å². The van der Waals surface area contributed by atoms with Crippen molar-refractivity contribution in [1.82, 2.24) is 5.32 Å². The lowest BCUT2D eigenvalue weighted by atomic mass is 10.3. The summed E-state index contributed by atoms with van der Waals surface area (Å²) in [6.45, 7) is 4.00. The van der Waals surface area contributed by atoms with E-state index in [1.165, 1.54) is 12.1 Å². The number of amides is 1. The van der Waals surface area contributed by atoms with Gasteiger partial charge in [-0.3, -0.25) is 4.79 Å². The predicted molar refractivity (Wildman–Crippen MR) is 82.9 cm³/mol. The molecule has 0 spiro atoms. The number of nitrogens with one attached hydrogen (secondary N) is 1. The van der Waals surface area contributed by atoms with Crippen molar-refractivity contribution in [3.8, 4) is 5.75 Å². The zero-order valence-electron chi connectivity index (χ0n) is 11.3. The van der Waals surface area contributed by atoms with Crippen LogP contribution in [-0.4, -0.2) is 27.0 Å².